The Morgan fingerprint density at radius 1 is 1.14 bits per heavy atom. The number of fused-ring (bicyclic) bond motifs is 1. The molecule has 4 heteroatoms. The number of aromatic nitrogens is 1. The van der Waals surface area contributed by atoms with Gasteiger partial charge in [-0.1, -0.05) is 18.6 Å². The third-order valence-corrected chi connectivity index (χ3v) is 3.46. The molecule has 3 aromatic rings. The highest BCUT2D eigenvalue weighted by atomic mass is 16.4. The molecule has 1 N–H and O–H groups in total. The second kappa shape index (κ2) is 6.14. The Labute approximate surface area is 124 Å². The average Bonchev–Trinajstić information content (AvgIpc) is 3.09. The van der Waals surface area contributed by atoms with Gasteiger partial charge in [0.05, 0.1) is 6.20 Å². The molecule has 3 rings (SSSR count). The van der Waals surface area contributed by atoms with Gasteiger partial charge >= 0.3 is 0 Å². The molecule has 0 unspecified atom stereocenters. The molecule has 1 aromatic carbocycles. The fourth-order valence-electron chi connectivity index (χ4n) is 2.37. The number of oxazole rings is 1. The largest absolute Gasteiger partial charge is 0.453 e. The molecule has 0 saturated heterocycles. The van der Waals surface area contributed by atoms with Crippen molar-refractivity contribution in [3.05, 3.63) is 41.9 Å². The molecule has 0 fully saturated rings. The molecule has 0 aliphatic heterocycles. The van der Waals surface area contributed by atoms with Gasteiger partial charge in [-0.25, -0.2) is 4.98 Å². The summed E-state index contributed by atoms with van der Waals surface area (Å²) in [6, 6.07) is 8.14. The summed E-state index contributed by atoms with van der Waals surface area (Å²) in [7, 11) is 0. The van der Waals surface area contributed by atoms with E-state index < -0.39 is 0 Å². The summed E-state index contributed by atoms with van der Waals surface area (Å²) in [5.41, 5.74) is 2.09. The van der Waals surface area contributed by atoms with Crippen molar-refractivity contribution in [3.8, 4) is 11.5 Å². The fourth-order valence-corrected chi connectivity index (χ4v) is 2.37. The summed E-state index contributed by atoms with van der Waals surface area (Å²) in [5, 5.41) is 4.38. The maximum Gasteiger partial charge on any atom is 0.195 e. The smallest absolute Gasteiger partial charge is 0.195 e. The number of hydrogen-bond acceptors (Lipinski definition) is 4. The van der Waals surface area contributed by atoms with Gasteiger partial charge in [-0.05, 0) is 44.6 Å². The molecule has 0 saturated carbocycles. The number of aryl methyl sites for hydroxylation is 2. The lowest BCUT2D eigenvalue weighted by molar-refractivity contribution is 0.478. The number of benzene rings is 1. The van der Waals surface area contributed by atoms with E-state index in [9.17, 15) is 0 Å². The summed E-state index contributed by atoms with van der Waals surface area (Å²) >= 11 is 0. The van der Waals surface area contributed by atoms with Crippen LogP contribution in [0.3, 0.4) is 0 Å². The van der Waals surface area contributed by atoms with E-state index in [1.165, 1.54) is 5.56 Å². The summed E-state index contributed by atoms with van der Waals surface area (Å²) in [5.74, 6) is 2.20. The zero-order valence-corrected chi connectivity index (χ0v) is 12.5. The van der Waals surface area contributed by atoms with Crippen molar-refractivity contribution in [2.45, 2.75) is 26.7 Å². The van der Waals surface area contributed by atoms with Crippen LogP contribution < -0.4 is 5.32 Å². The third kappa shape index (κ3) is 3.16. The van der Waals surface area contributed by atoms with E-state index in [0.29, 0.717) is 5.76 Å². The predicted molar refractivity (Wildman–Crippen MR) is 83.3 cm³/mol. The standard InChI is InChI=1S/C17H20N2O2/c1-3-18-8-4-5-17-19-11-16(21-17)15-10-13-9-12(2)6-7-14(13)20-15/h6-7,9-11,18H,3-5,8H2,1-2H3. The van der Waals surface area contributed by atoms with Crippen LogP contribution in [0.2, 0.25) is 0 Å². The number of nitrogens with zero attached hydrogens (tertiary/aromatic N) is 1. The van der Waals surface area contributed by atoms with E-state index in [1.54, 1.807) is 6.20 Å². The van der Waals surface area contributed by atoms with Crippen LogP contribution in [0.5, 0.6) is 0 Å². The number of rotatable bonds is 6. The first-order chi connectivity index (χ1) is 10.3. The molecule has 0 bridgehead atoms. The Hall–Kier alpha value is -2.07. The molecule has 0 aliphatic carbocycles. The third-order valence-electron chi connectivity index (χ3n) is 3.46. The topological polar surface area (TPSA) is 51.2 Å². The summed E-state index contributed by atoms with van der Waals surface area (Å²) in [6.45, 7) is 6.16. The van der Waals surface area contributed by atoms with Crippen LogP contribution in [0.4, 0.5) is 0 Å². The molecular weight excluding hydrogens is 264 g/mol. The zero-order valence-electron chi connectivity index (χ0n) is 12.5. The van der Waals surface area contributed by atoms with Crippen LogP contribution in [0, 0.1) is 6.92 Å². The lowest BCUT2D eigenvalue weighted by Gasteiger charge is -1.98. The van der Waals surface area contributed by atoms with Crippen LogP contribution in [0.25, 0.3) is 22.5 Å². The van der Waals surface area contributed by atoms with Crippen molar-refractivity contribution < 1.29 is 8.83 Å². The van der Waals surface area contributed by atoms with Crippen molar-refractivity contribution in [3.63, 3.8) is 0 Å². The lowest BCUT2D eigenvalue weighted by Crippen LogP contribution is -2.14. The van der Waals surface area contributed by atoms with Gasteiger partial charge in [0.2, 0.25) is 0 Å². The second-order valence-corrected chi connectivity index (χ2v) is 5.23. The molecule has 110 valence electrons. The lowest BCUT2D eigenvalue weighted by atomic mass is 10.2. The minimum absolute atomic E-state index is 0.697. The van der Waals surface area contributed by atoms with Crippen LogP contribution in [0.1, 0.15) is 24.8 Å². The Bertz CT molecular complexity index is 727. The average molecular weight is 284 g/mol. The van der Waals surface area contributed by atoms with Crippen molar-refractivity contribution in [2.24, 2.45) is 0 Å². The van der Waals surface area contributed by atoms with Crippen LogP contribution >= 0.6 is 0 Å². The molecular formula is C17H20N2O2. The fraction of sp³-hybridized carbons (Fsp3) is 0.353. The minimum Gasteiger partial charge on any atom is -0.453 e. The first kappa shape index (κ1) is 13.9. The van der Waals surface area contributed by atoms with Crippen LogP contribution in [0.15, 0.2) is 39.3 Å². The molecule has 2 aromatic heterocycles. The van der Waals surface area contributed by atoms with Gasteiger partial charge in [0.15, 0.2) is 17.4 Å². The zero-order chi connectivity index (χ0) is 14.7. The molecule has 21 heavy (non-hydrogen) atoms. The molecule has 0 amide bonds. The highest BCUT2D eigenvalue weighted by Crippen LogP contribution is 2.29. The Balaban J connectivity index is 1.75. The quantitative estimate of drug-likeness (QED) is 0.697. The van der Waals surface area contributed by atoms with Crippen LogP contribution in [-0.2, 0) is 6.42 Å². The molecule has 0 aliphatic rings. The SMILES string of the molecule is CCNCCCc1ncc(-c2cc3cc(C)ccc3o2)o1. The molecule has 0 atom stereocenters. The van der Waals surface area contributed by atoms with Crippen molar-refractivity contribution in [1.29, 1.82) is 0 Å². The number of furan rings is 1. The molecule has 0 radical (unpaired) electrons. The second-order valence-electron chi connectivity index (χ2n) is 5.23. The van der Waals surface area contributed by atoms with E-state index in [2.05, 4.69) is 30.2 Å². The number of hydrogen-bond donors (Lipinski definition) is 1. The number of nitrogens with one attached hydrogen (secondary N) is 1. The maximum absolute atomic E-state index is 5.82. The predicted octanol–water partition coefficient (Wildman–Crippen LogP) is 3.94. The highest BCUT2D eigenvalue weighted by molar-refractivity contribution is 5.82. The summed E-state index contributed by atoms with van der Waals surface area (Å²) in [4.78, 5) is 4.32. The van der Waals surface area contributed by atoms with Gasteiger partial charge in [0.1, 0.15) is 5.58 Å². The molecule has 0 spiro atoms. The van der Waals surface area contributed by atoms with Gasteiger partial charge < -0.3 is 14.2 Å². The summed E-state index contributed by atoms with van der Waals surface area (Å²) in [6.07, 6.45) is 3.60. The normalized spacial score (nSPS) is 11.3. The maximum atomic E-state index is 5.82. The van der Waals surface area contributed by atoms with Gasteiger partial charge in [-0.3, -0.25) is 0 Å². The first-order valence-corrected chi connectivity index (χ1v) is 7.42. The minimum atomic E-state index is 0.697. The Morgan fingerprint density at radius 2 is 2.05 bits per heavy atom. The molecule has 4 nitrogen and oxygen atoms in total. The van der Waals surface area contributed by atoms with E-state index in [0.717, 1.165) is 48.6 Å². The van der Waals surface area contributed by atoms with E-state index in [1.807, 2.05) is 18.2 Å². The Kier molecular flexibility index (Phi) is 4.06. The van der Waals surface area contributed by atoms with Crippen molar-refractivity contribution >= 4 is 11.0 Å². The van der Waals surface area contributed by atoms with E-state index in [-0.39, 0.29) is 0 Å². The first-order valence-electron chi connectivity index (χ1n) is 7.42. The molecule has 2 heterocycles. The van der Waals surface area contributed by atoms with Crippen molar-refractivity contribution in [2.75, 3.05) is 13.1 Å². The van der Waals surface area contributed by atoms with Gasteiger partial charge in [-0.2, -0.15) is 0 Å². The van der Waals surface area contributed by atoms with Gasteiger partial charge in [-0.15, -0.1) is 0 Å². The van der Waals surface area contributed by atoms with Crippen LogP contribution in [-0.4, -0.2) is 18.1 Å². The van der Waals surface area contributed by atoms with Gasteiger partial charge in [0.25, 0.3) is 0 Å². The van der Waals surface area contributed by atoms with Gasteiger partial charge in [0, 0.05) is 11.8 Å². The summed E-state index contributed by atoms with van der Waals surface area (Å²) < 4.78 is 11.6. The Morgan fingerprint density at radius 3 is 2.90 bits per heavy atom. The highest BCUT2D eigenvalue weighted by Gasteiger charge is 2.11. The van der Waals surface area contributed by atoms with E-state index in [4.69, 9.17) is 8.83 Å². The van der Waals surface area contributed by atoms with Crippen molar-refractivity contribution in [1.82, 2.24) is 10.3 Å². The van der Waals surface area contributed by atoms with E-state index >= 15 is 0 Å². The monoisotopic (exact) mass is 284 g/mol.